The summed E-state index contributed by atoms with van der Waals surface area (Å²) in [4.78, 5) is 21.9. The molecular weight excluding hydrogens is 224 g/mol. The molecule has 0 radical (unpaired) electrons. The van der Waals surface area contributed by atoms with Crippen LogP contribution in [-0.2, 0) is 6.54 Å². The number of rotatable bonds is 1. The minimum atomic E-state index is -0.491. The van der Waals surface area contributed by atoms with Crippen LogP contribution in [0, 0.1) is 10.1 Å². The Morgan fingerprint density at radius 3 is 3.00 bits per heavy atom. The highest BCUT2D eigenvalue weighted by atomic mass is 16.6. The zero-order valence-corrected chi connectivity index (χ0v) is 8.73. The summed E-state index contributed by atoms with van der Waals surface area (Å²) in [7, 11) is 0. The zero-order valence-electron chi connectivity index (χ0n) is 8.73. The van der Waals surface area contributed by atoms with Gasteiger partial charge in [-0.05, 0) is 11.6 Å². The minimum Gasteiger partial charge on any atom is -0.482 e. The van der Waals surface area contributed by atoms with Gasteiger partial charge in [0.05, 0.1) is 10.5 Å². The van der Waals surface area contributed by atoms with Crippen LogP contribution in [0.4, 0.5) is 0 Å². The van der Waals surface area contributed by atoms with Crippen LogP contribution in [0.2, 0.25) is 0 Å². The number of benzene rings is 1. The lowest BCUT2D eigenvalue weighted by atomic mass is 10.00. The first-order valence-corrected chi connectivity index (χ1v) is 5.08. The fraction of sp³-hybridized carbons (Fsp3) is 0.182. The normalized spacial score (nSPS) is 16.5. The Hall–Kier alpha value is -2.37. The van der Waals surface area contributed by atoms with Crippen LogP contribution in [0.3, 0.4) is 0 Å². The maximum absolute atomic E-state index is 11.6. The fourth-order valence-corrected chi connectivity index (χ4v) is 2.06. The standard InChI is InChI=1S/C11H8N2O4/c14-11-10-6(4-12-11)1-2-9-8(10)3-7(5-17-9)13(15)16/h1-3H,4-5H2,(H,12,14). The first kappa shape index (κ1) is 9.83. The van der Waals surface area contributed by atoms with Crippen molar-refractivity contribution in [1.82, 2.24) is 5.32 Å². The molecule has 2 aliphatic rings. The number of nitrogens with zero attached hydrogens (tertiary/aromatic N) is 1. The number of carbonyl (C=O) groups excluding carboxylic acids is 1. The molecular formula is C11H8N2O4. The molecule has 0 saturated heterocycles. The summed E-state index contributed by atoms with van der Waals surface area (Å²) < 4.78 is 5.28. The molecule has 0 aliphatic carbocycles. The Morgan fingerprint density at radius 2 is 2.24 bits per heavy atom. The van der Waals surface area contributed by atoms with Crippen LogP contribution in [-0.4, -0.2) is 17.4 Å². The van der Waals surface area contributed by atoms with E-state index in [9.17, 15) is 14.9 Å². The van der Waals surface area contributed by atoms with Gasteiger partial charge in [-0.15, -0.1) is 0 Å². The molecule has 0 fully saturated rings. The molecule has 0 aromatic heterocycles. The summed E-state index contributed by atoms with van der Waals surface area (Å²) in [6.07, 6.45) is 1.42. The van der Waals surface area contributed by atoms with Crippen molar-refractivity contribution in [1.29, 1.82) is 0 Å². The second-order valence-corrected chi connectivity index (χ2v) is 3.88. The van der Waals surface area contributed by atoms with Gasteiger partial charge < -0.3 is 10.1 Å². The molecule has 86 valence electrons. The predicted molar refractivity (Wildman–Crippen MR) is 58.1 cm³/mol. The summed E-state index contributed by atoms with van der Waals surface area (Å²) in [6, 6.07) is 3.54. The average molecular weight is 232 g/mol. The number of hydrogen-bond acceptors (Lipinski definition) is 4. The van der Waals surface area contributed by atoms with E-state index in [1.807, 2.05) is 0 Å². The Morgan fingerprint density at radius 1 is 1.41 bits per heavy atom. The van der Waals surface area contributed by atoms with Crippen molar-refractivity contribution in [3.63, 3.8) is 0 Å². The van der Waals surface area contributed by atoms with Gasteiger partial charge in [0.2, 0.25) is 0 Å². The highest BCUT2D eigenvalue weighted by Crippen LogP contribution is 2.33. The molecule has 0 atom stereocenters. The number of amides is 1. The van der Waals surface area contributed by atoms with Crippen molar-refractivity contribution in [3.05, 3.63) is 44.6 Å². The van der Waals surface area contributed by atoms with Crippen LogP contribution in [0.1, 0.15) is 21.5 Å². The van der Waals surface area contributed by atoms with Gasteiger partial charge in [0, 0.05) is 18.2 Å². The number of ether oxygens (including phenoxy) is 1. The Labute approximate surface area is 96.0 Å². The molecule has 3 rings (SSSR count). The van der Waals surface area contributed by atoms with Crippen LogP contribution < -0.4 is 10.1 Å². The van der Waals surface area contributed by atoms with Gasteiger partial charge in [-0.3, -0.25) is 14.9 Å². The topological polar surface area (TPSA) is 81.5 Å². The molecule has 0 spiro atoms. The van der Waals surface area contributed by atoms with Crippen LogP contribution in [0.15, 0.2) is 17.8 Å². The number of hydrogen-bond donors (Lipinski definition) is 1. The van der Waals surface area contributed by atoms with E-state index in [2.05, 4.69) is 5.32 Å². The van der Waals surface area contributed by atoms with E-state index in [1.165, 1.54) is 6.08 Å². The third kappa shape index (κ3) is 1.37. The summed E-state index contributed by atoms with van der Waals surface area (Å²) in [6.45, 7) is 0.392. The number of carbonyl (C=O) groups is 1. The molecule has 1 aromatic carbocycles. The molecule has 2 aliphatic heterocycles. The lowest BCUT2D eigenvalue weighted by Gasteiger charge is -2.15. The van der Waals surface area contributed by atoms with Gasteiger partial charge in [-0.2, -0.15) is 0 Å². The quantitative estimate of drug-likeness (QED) is 0.577. The predicted octanol–water partition coefficient (Wildman–Crippen LogP) is 0.940. The summed E-state index contributed by atoms with van der Waals surface area (Å²) >= 11 is 0. The largest absolute Gasteiger partial charge is 0.482 e. The second kappa shape index (κ2) is 3.31. The van der Waals surface area contributed by atoms with E-state index in [4.69, 9.17) is 4.74 Å². The minimum absolute atomic E-state index is 0.0365. The fourth-order valence-electron chi connectivity index (χ4n) is 2.06. The van der Waals surface area contributed by atoms with E-state index in [1.54, 1.807) is 12.1 Å². The van der Waals surface area contributed by atoms with Gasteiger partial charge >= 0.3 is 0 Å². The van der Waals surface area contributed by atoms with Crippen LogP contribution in [0.25, 0.3) is 6.08 Å². The SMILES string of the molecule is O=C1NCc2ccc3c(c21)C=C([N+](=O)[O-])CO3. The third-order valence-electron chi connectivity index (χ3n) is 2.88. The summed E-state index contributed by atoms with van der Waals surface area (Å²) in [5, 5.41) is 13.4. The summed E-state index contributed by atoms with van der Waals surface area (Å²) in [5.41, 5.74) is 1.81. The second-order valence-electron chi connectivity index (χ2n) is 3.88. The molecule has 1 N–H and O–H groups in total. The first-order valence-electron chi connectivity index (χ1n) is 5.08. The maximum Gasteiger partial charge on any atom is 0.284 e. The van der Waals surface area contributed by atoms with E-state index < -0.39 is 4.92 Å². The molecule has 17 heavy (non-hydrogen) atoms. The molecule has 0 saturated carbocycles. The van der Waals surface area contributed by atoms with E-state index in [-0.39, 0.29) is 18.2 Å². The number of fused-ring (bicyclic) bond motifs is 3. The van der Waals surface area contributed by atoms with Crippen molar-refractivity contribution in [3.8, 4) is 5.75 Å². The van der Waals surface area contributed by atoms with Crippen molar-refractivity contribution >= 4 is 12.0 Å². The molecule has 0 unspecified atom stereocenters. The Bertz CT molecular complexity index is 577. The highest BCUT2D eigenvalue weighted by molar-refractivity contribution is 6.02. The Kier molecular flexibility index (Phi) is 1.91. The van der Waals surface area contributed by atoms with E-state index in [0.717, 1.165) is 5.56 Å². The van der Waals surface area contributed by atoms with Crippen LogP contribution in [0.5, 0.6) is 5.75 Å². The average Bonchev–Trinajstić information content (AvgIpc) is 2.70. The maximum atomic E-state index is 11.6. The van der Waals surface area contributed by atoms with Gasteiger partial charge in [0.15, 0.2) is 6.61 Å². The van der Waals surface area contributed by atoms with E-state index >= 15 is 0 Å². The van der Waals surface area contributed by atoms with Gasteiger partial charge in [0.1, 0.15) is 5.75 Å². The summed E-state index contributed by atoms with van der Waals surface area (Å²) in [5.74, 6) is 0.313. The number of nitrogens with one attached hydrogen (secondary N) is 1. The van der Waals surface area contributed by atoms with Gasteiger partial charge in [-0.1, -0.05) is 6.07 Å². The first-order chi connectivity index (χ1) is 8.16. The number of nitro groups is 1. The molecule has 6 nitrogen and oxygen atoms in total. The third-order valence-corrected chi connectivity index (χ3v) is 2.88. The molecule has 6 heteroatoms. The van der Waals surface area contributed by atoms with Crippen molar-refractivity contribution < 1.29 is 14.5 Å². The monoisotopic (exact) mass is 232 g/mol. The molecule has 2 heterocycles. The molecule has 1 amide bonds. The molecule has 1 aromatic rings. The molecule has 0 bridgehead atoms. The van der Waals surface area contributed by atoms with Crippen LogP contribution >= 0.6 is 0 Å². The zero-order chi connectivity index (χ0) is 12.0. The van der Waals surface area contributed by atoms with Gasteiger partial charge in [0.25, 0.3) is 11.6 Å². The van der Waals surface area contributed by atoms with Crippen molar-refractivity contribution in [2.24, 2.45) is 0 Å². The lowest BCUT2D eigenvalue weighted by molar-refractivity contribution is -0.427. The Balaban J connectivity index is 2.22. The lowest BCUT2D eigenvalue weighted by Crippen LogP contribution is -2.17. The highest BCUT2D eigenvalue weighted by Gasteiger charge is 2.29. The smallest absolute Gasteiger partial charge is 0.284 e. The van der Waals surface area contributed by atoms with Crippen molar-refractivity contribution in [2.75, 3.05) is 6.61 Å². The van der Waals surface area contributed by atoms with Crippen molar-refractivity contribution in [2.45, 2.75) is 6.54 Å². The van der Waals surface area contributed by atoms with E-state index in [0.29, 0.717) is 23.4 Å². The van der Waals surface area contributed by atoms with Gasteiger partial charge in [-0.25, -0.2) is 0 Å².